The summed E-state index contributed by atoms with van der Waals surface area (Å²) in [6, 6.07) is 7.78. The van der Waals surface area contributed by atoms with Crippen molar-refractivity contribution in [2.24, 2.45) is 0 Å². The van der Waals surface area contributed by atoms with Gasteiger partial charge in [-0.1, -0.05) is 18.2 Å². The Kier molecular flexibility index (Phi) is 3.97. The summed E-state index contributed by atoms with van der Waals surface area (Å²) in [6.07, 6.45) is 0.797. The topological polar surface area (TPSA) is 33.2 Å². The molecule has 1 heterocycles. The number of hydrogen-bond donors (Lipinski definition) is 0. The Bertz CT molecular complexity index is 526. The number of nitrogens with zero attached hydrogens (tertiary/aromatic N) is 2. The number of benzene rings is 1. The van der Waals surface area contributed by atoms with Crippen molar-refractivity contribution in [3.63, 3.8) is 0 Å². The molecule has 0 N–H and O–H groups in total. The first-order valence-electron chi connectivity index (χ1n) is 5.40. The van der Waals surface area contributed by atoms with Gasteiger partial charge in [-0.05, 0) is 24.0 Å². The van der Waals surface area contributed by atoms with Crippen molar-refractivity contribution in [2.75, 3.05) is 19.5 Å². The lowest BCUT2D eigenvalue weighted by Crippen LogP contribution is -2.28. The quantitative estimate of drug-likeness (QED) is 0.799. The van der Waals surface area contributed by atoms with Crippen molar-refractivity contribution in [1.29, 1.82) is 0 Å². The zero-order valence-corrected chi connectivity index (χ0v) is 11.1. The lowest BCUT2D eigenvalue weighted by molar-refractivity contribution is 0.0793. The molecule has 0 aliphatic heterocycles. The molecule has 2 aromatic rings. The van der Waals surface area contributed by atoms with E-state index in [0.717, 1.165) is 16.5 Å². The Hall–Kier alpha value is -1.13. The van der Waals surface area contributed by atoms with Crippen molar-refractivity contribution < 1.29 is 4.79 Å². The third-order valence-electron chi connectivity index (χ3n) is 2.55. The highest BCUT2D eigenvalue weighted by Gasteiger charge is 2.17. The van der Waals surface area contributed by atoms with Crippen LogP contribution in [0.1, 0.15) is 16.9 Å². The molecular formula is C12H13ClN2OS. The molecule has 2 rings (SSSR count). The lowest BCUT2D eigenvalue weighted by Gasteiger charge is -2.14. The van der Waals surface area contributed by atoms with Crippen LogP contribution in [-0.4, -0.2) is 34.7 Å². The number of rotatable bonds is 4. The van der Waals surface area contributed by atoms with E-state index in [1.54, 1.807) is 11.9 Å². The van der Waals surface area contributed by atoms with Gasteiger partial charge in [0.25, 0.3) is 5.91 Å². The van der Waals surface area contributed by atoms with Gasteiger partial charge in [-0.2, -0.15) is 4.37 Å². The number of alkyl halides is 1. The number of halogens is 1. The molecule has 1 aromatic heterocycles. The molecule has 17 heavy (non-hydrogen) atoms. The molecule has 0 saturated heterocycles. The molecule has 3 nitrogen and oxygen atoms in total. The predicted octanol–water partition coefficient (Wildman–Crippen LogP) is 3.00. The fraction of sp³-hybridized carbons (Fsp3) is 0.333. The van der Waals surface area contributed by atoms with Crippen LogP contribution >= 0.6 is 23.1 Å². The first-order valence-corrected chi connectivity index (χ1v) is 6.70. The van der Waals surface area contributed by atoms with E-state index in [2.05, 4.69) is 4.37 Å². The van der Waals surface area contributed by atoms with Gasteiger partial charge in [0.05, 0.1) is 4.70 Å². The van der Waals surface area contributed by atoms with Gasteiger partial charge < -0.3 is 4.90 Å². The van der Waals surface area contributed by atoms with Gasteiger partial charge in [-0.25, -0.2) is 0 Å². The molecule has 0 aliphatic carbocycles. The first kappa shape index (κ1) is 12.3. The van der Waals surface area contributed by atoms with E-state index in [0.29, 0.717) is 18.1 Å². The first-order chi connectivity index (χ1) is 8.24. The number of carbonyl (C=O) groups is 1. The van der Waals surface area contributed by atoms with Gasteiger partial charge in [-0.15, -0.1) is 11.6 Å². The molecular weight excluding hydrogens is 256 g/mol. The van der Waals surface area contributed by atoms with Crippen molar-refractivity contribution in [2.45, 2.75) is 6.42 Å². The van der Waals surface area contributed by atoms with Gasteiger partial charge >= 0.3 is 0 Å². The van der Waals surface area contributed by atoms with Crippen LogP contribution in [0.5, 0.6) is 0 Å². The summed E-state index contributed by atoms with van der Waals surface area (Å²) in [5, 5.41) is 0.931. The second kappa shape index (κ2) is 5.47. The normalized spacial score (nSPS) is 10.7. The third-order valence-corrected chi connectivity index (χ3v) is 3.65. The Morgan fingerprint density at radius 1 is 1.47 bits per heavy atom. The van der Waals surface area contributed by atoms with Crippen LogP contribution in [0, 0.1) is 0 Å². The fourth-order valence-corrected chi connectivity index (χ4v) is 2.51. The Morgan fingerprint density at radius 3 is 3.00 bits per heavy atom. The molecule has 0 saturated carbocycles. The molecule has 0 bridgehead atoms. The minimum Gasteiger partial charge on any atom is -0.340 e. The molecule has 0 radical (unpaired) electrons. The zero-order chi connectivity index (χ0) is 12.3. The van der Waals surface area contributed by atoms with Crippen molar-refractivity contribution in [3.05, 3.63) is 30.0 Å². The smallest absolute Gasteiger partial charge is 0.273 e. The second-order valence-corrected chi connectivity index (χ2v) is 4.98. The van der Waals surface area contributed by atoms with E-state index in [4.69, 9.17) is 11.6 Å². The van der Waals surface area contributed by atoms with Gasteiger partial charge in [0.15, 0.2) is 0 Å². The van der Waals surface area contributed by atoms with Gasteiger partial charge in [-0.3, -0.25) is 4.79 Å². The minimum absolute atomic E-state index is 0.0347. The maximum atomic E-state index is 12.2. The van der Waals surface area contributed by atoms with Crippen LogP contribution in [0.15, 0.2) is 24.3 Å². The molecule has 0 atom stereocenters. The molecule has 0 unspecified atom stereocenters. The van der Waals surface area contributed by atoms with E-state index in [9.17, 15) is 4.79 Å². The van der Waals surface area contributed by atoms with Crippen LogP contribution in [0.4, 0.5) is 0 Å². The summed E-state index contributed by atoms with van der Waals surface area (Å²) in [5.74, 6) is 0.530. The number of fused-ring (bicyclic) bond motifs is 1. The van der Waals surface area contributed by atoms with Crippen LogP contribution < -0.4 is 0 Å². The number of carbonyl (C=O) groups excluding carboxylic acids is 1. The van der Waals surface area contributed by atoms with E-state index in [1.165, 1.54) is 11.5 Å². The maximum absolute atomic E-state index is 12.2. The highest BCUT2D eigenvalue weighted by atomic mass is 35.5. The lowest BCUT2D eigenvalue weighted by atomic mass is 10.2. The standard InChI is InChI=1S/C12H13ClN2OS/c1-15(8-4-7-13)12(16)11-9-5-2-3-6-10(9)17-14-11/h2-3,5-6H,4,7-8H2,1H3. The zero-order valence-electron chi connectivity index (χ0n) is 9.52. The minimum atomic E-state index is -0.0347. The van der Waals surface area contributed by atoms with Gasteiger partial charge in [0.1, 0.15) is 5.69 Å². The molecule has 1 aromatic carbocycles. The average molecular weight is 269 g/mol. The van der Waals surface area contributed by atoms with Gasteiger partial charge in [0.2, 0.25) is 0 Å². The van der Waals surface area contributed by atoms with E-state index in [-0.39, 0.29) is 5.91 Å². The van der Waals surface area contributed by atoms with Crippen LogP contribution in [-0.2, 0) is 0 Å². The van der Waals surface area contributed by atoms with Crippen LogP contribution in [0.3, 0.4) is 0 Å². The largest absolute Gasteiger partial charge is 0.340 e. The maximum Gasteiger partial charge on any atom is 0.273 e. The molecule has 5 heteroatoms. The predicted molar refractivity (Wildman–Crippen MR) is 71.9 cm³/mol. The number of hydrogen-bond acceptors (Lipinski definition) is 3. The Morgan fingerprint density at radius 2 is 2.24 bits per heavy atom. The Labute approximate surface area is 109 Å². The molecule has 1 amide bonds. The van der Waals surface area contributed by atoms with Crippen LogP contribution in [0.2, 0.25) is 0 Å². The van der Waals surface area contributed by atoms with E-state index < -0.39 is 0 Å². The fourth-order valence-electron chi connectivity index (χ4n) is 1.62. The Balaban J connectivity index is 2.24. The molecule has 0 aliphatic rings. The van der Waals surface area contributed by atoms with Crippen LogP contribution in [0.25, 0.3) is 10.1 Å². The summed E-state index contributed by atoms with van der Waals surface area (Å²) in [4.78, 5) is 13.8. The van der Waals surface area contributed by atoms with Crippen molar-refractivity contribution in [1.82, 2.24) is 9.27 Å². The number of aromatic nitrogens is 1. The molecule has 0 spiro atoms. The van der Waals surface area contributed by atoms with E-state index >= 15 is 0 Å². The summed E-state index contributed by atoms with van der Waals surface area (Å²) in [5.41, 5.74) is 0.544. The summed E-state index contributed by atoms with van der Waals surface area (Å²) < 4.78 is 5.29. The summed E-state index contributed by atoms with van der Waals surface area (Å²) in [7, 11) is 1.78. The summed E-state index contributed by atoms with van der Waals surface area (Å²) >= 11 is 6.98. The number of amides is 1. The van der Waals surface area contributed by atoms with E-state index in [1.807, 2.05) is 24.3 Å². The molecule has 0 fully saturated rings. The second-order valence-electron chi connectivity index (χ2n) is 3.80. The average Bonchev–Trinajstić information content (AvgIpc) is 2.78. The molecule has 90 valence electrons. The van der Waals surface area contributed by atoms with Crippen molar-refractivity contribution >= 4 is 39.1 Å². The SMILES string of the molecule is CN(CCCCl)C(=O)c1nsc2ccccc12. The van der Waals surface area contributed by atoms with Crippen molar-refractivity contribution in [3.8, 4) is 0 Å². The summed E-state index contributed by atoms with van der Waals surface area (Å²) in [6.45, 7) is 0.661. The highest BCUT2D eigenvalue weighted by Crippen LogP contribution is 2.23. The highest BCUT2D eigenvalue weighted by molar-refractivity contribution is 7.13. The third kappa shape index (κ3) is 2.58. The van der Waals surface area contributed by atoms with Gasteiger partial charge in [0, 0.05) is 24.9 Å². The monoisotopic (exact) mass is 268 g/mol.